The Kier molecular flexibility index (Phi) is 6.76. The number of hydrogen-bond donors (Lipinski definition) is 0. The molecule has 0 spiro atoms. The van der Waals surface area contributed by atoms with E-state index in [0.29, 0.717) is 0 Å². The smallest absolute Gasteiger partial charge is 0.136 e. The topological polar surface area (TPSA) is 16.4 Å². The molecule has 0 aliphatic carbocycles. The van der Waals surface area contributed by atoms with Gasteiger partial charge in [-0.15, -0.1) is 11.3 Å². The summed E-state index contributed by atoms with van der Waals surface area (Å²) in [6.07, 6.45) is 0. The second-order valence-electron chi connectivity index (χ2n) is 13.6. The van der Waals surface area contributed by atoms with E-state index in [9.17, 15) is 0 Å². The Morgan fingerprint density at radius 3 is 2.00 bits per heavy atom. The number of para-hydroxylation sites is 2. The van der Waals surface area contributed by atoms with Gasteiger partial charge >= 0.3 is 0 Å². The SMILES string of the molecule is c1ccc(-c2ccccc2N(c2ccc3c(c2)sc2ccccc23)c2ccc(-c3ccc4c(ccc5oc6ccccc6c54)c3)c3ccccc23)cc1. The molecule has 0 radical (unpaired) electrons. The predicted molar refractivity (Wildman–Crippen MR) is 227 cm³/mol. The minimum absolute atomic E-state index is 0.922. The van der Waals surface area contributed by atoms with Gasteiger partial charge in [0.25, 0.3) is 0 Å². The lowest BCUT2D eigenvalue weighted by Crippen LogP contribution is -2.12. The molecule has 248 valence electrons. The quantitative estimate of drug-likeness (QED) is 0.178. The maximum absolute atomic E-state index is 6.21. The summed E-state index contributed by atoms with van der Waals surface area (Å²) in [7, 11) is 0. The second kappa shape index (κ2) is 11.9. The molecule has 0 amide bonds. The summed E-state index contributed by atoms with van der Waals surface area (Å²) in [5.74, 6) is 0. The minimum Gasteiger partial charge on any atom is -0.456 e. The molecular weight excluding hydrogens is 663 g/mol. The second-order valence-corrected chi connectivity index (χ2v) is 14.7. The molecule has 2 aromatic heterocycles. The first kappa shape index (κ1) is 30.0. The van der Waals surface area contributed by atoms with E-state index < -0.39 is 0 Å². The molecule has 11 rings (SSSR count). The van der Waals surface area contributed by atoms with Gasteiger partial charge in [-0.2, -0.15) is 0 Å². The van der Waals surface area contributed by atoms with Crippen LogP contribution in [-0.4, -0.2) is 0 Å². The van der Waals surface area contributed by atoms with Gasteiger partial charge in [0, 0.05) is 47.6 Å². The highest BCUT2D eigenvalue weighted by molar-refractivity contribution is 7.25. The molecule has 3 heteroatoms. The fourth-order valence-electron chi connectivity index (χ4n) is 8.24. The summed E-state index contributed by atoms with van der Waals surface area (Å²) in [4.78, 5) is 2.46. The van der Waals surface area contributed by atoms with Crippen molar-refractivity contribution in [2.24, 2.45) is 0 Å². The maximum Gasteiger partial charge on any atom is 0.136 e. The average molecular weight is 694 g/mol. The first-order valence-electron chi connectivity index (χ1n) is 18.0. The fraction of sp³-hybridized carbons (Fsp3) is 0. The largest absolute Gasteiger partial charge is 0.456 e. The molecule has 0 N–H and O–H groups in total. The van der Waals surface area contributed by atoms with Crippen molar-refractivity contribution in [3.63, 3.8) is 0 Å². The number of anilines is 3. The predicted octanol–water partition coefficient (Wildman–Crippen LogP) is 15.1. The van der Waals surface area contributed by atoms with Crippen LogP contribution in [0.15, 0.2) is 192 Å². The van der Waals surface area contributed by atoms with Crippen molar-refractivity contribution < 1.29 is 4.42 Å². The number of nitrogens with zero attached hydrogens (tertiary/aromatic N) is 1. The molecule has 53 heavy (non-hydrogen) atoms. The molecule has 11 aromatic rings. The third-order valence-electron chi connectivity index (χ3n) is 10.7. The highest BCUT2D eigenvalue weighted by Crippen LogP contribution is 2.47. The zero-order chi connectivity index (χ0) is 34.9. The number of rotatable bonds is 5. The van der Waals surface area contributed by atoms with Gasteiger partial charge in [-0.25, -0.2) is 0 Å². The Labute approximate surface area is 310 Å². The van der Waals surface area contributed by atoms with E-state index in [1.54, 1.807) is 0 Å². The van der Waals surface area contributed by atoms with Crippen molar-refractivity contribution in [1.82, 2.24) is 0 Å². The van der Waals surface area contributed by atoms with E-state index >= 15 is 0 Å². The summed E-state index contributed by atoms with van der Waals surface area (Å²) >= 11 is 1.86. The van der Waals surface area contributed by atoms with Crippen LogP contribution in [0, 0.1) is 0 Å². The molecule has 0 saturated heterocycles. The van der Waals surface area contributed by atoms with Crippen molar-refractivity contribution in [3.8, 4) is 22.3 Å². The van der Waals surface area contributed by atoms with E-state index in [4.69, 9.17) is 4.42 Å². The van der Waals surface area contributed by atoms with Gasteiger partial charge in [-0.05, 0) is 81.4 Å². The van der Waals surface area contributed by atoms with Crippen LogP contribution in [0.3, 0.4) is 0 Å². The van der Waals surface area contributed by atoms with Crippen molar-refractivity contribution in [2.75, 3.05) is 4.90 Å². The molecule has 0 unspecified atom stereocenters. The zero-order valence-electron chi connectivity index (χ0n) is 28.7. The molecule has 0 aliphatic heterocycles. The highest BCUT2D eigenvalue weighted by Gasteiger charge is 2.21. The van der Waals surface area contributed by atoms with Gasteiger partial charge in [-0.1, -0.05) is 140 Å². The molecule has 9 aromatic carbocycles. The Bertz CT molecular complexity index is 3190. The first-order chi connectivity index (χ1) is 26.3. The van der Waals surface area contributed by atoms with Gasteiger partial charge in [-0.3, -0.25) is 0 Å². The van der Waals surface area contributed by atoms with Gasteiger partial charge in [0.1, 0.15) is 11.2 Å². The number of thiophene rings is 1. The lowest BCUT2D eigenvalue weighted by atomic mass is 9.93. The Hall–Kier alpha value is -6.68. The van der Waals surface area contributed by atoms with Gasteiger partial charge in [0.05, 0.1) is 11.4 Å². The molecule has 0 fully saturated rings. The van der Waals surface area contributed by atoms with Crippen LogP contribution >= 0.6 is 11.3 Å². The van der Waals surface area contributed by atoms with Gasteiger partial charge in [0.15, 0.2) is 0 Å². The highest BCUT2D eigenvalue weighted by atomic mass is 32.1. The third kappa shape index (κ3) is 4.78. The maximum atomic E-state index is 6.21. The third-order valence-corrected chi connectivity index (χ3v) is 11.8. The molecule has 2 nitrogen and oxygen atoms in total. The summed E-state index contributed by atoms with van der Waals surface area (Å²) < 4.78 is 8.80. The summed E-state index contributed by atoms with van der Waals surface area (Å²) in [6, 6.07) is 68.1. The Balaban J connectivity index is 1.13. The van der Waals surface area contributed by atoms with Crippen LogP contribution in [0.2, 0.25) is 0 Å². The van der Waals surface area contributed by atoms with Crippen molar-refractivity contribution >= 4 is 92.1 Å². The van der Waals surface area contributed by atoms with Crippen molar-refractivity contribution in [2.45, 2.75) is 0 Å². The van der Waals surface area contributed by atoms with Gasteiger partial charge in [0.2, 0.25) is 0 Å². The lowest BCUT2D eigenvalue weighted by molar-refractivity contribution is 0.669. The normalized spacial score (nSPS) is 11.8. The first-order valence-corrected chi connectivity index (χ1v) is 18.8. The van der Waals surface area contributed by atoms with Crippen molar-refractivity contribution in [3.05, 3.63) is 188 Å². The number of furan rings is 1. The molecule has 0 aliphatic rings. The molecule has 0 atom stereocenters. The minimum atomic E-state index is 0.922. The fourth-order valence-corrected chi connectivity index (χ4v) is 9.38. The molecule has 2 heterocycles. The number of fused-ring (bicyclic) bond motifs is 9. The summed E-state index contributed by atoms with van der Waals surface area (Å²) in [5.41, 5.74) is 10.0. The lowest BCUT2D eigenvalue weighted by Gasteiger charge is -2.29. The molecule has 0 bridgehead atoms. The molecular formula is C50H31NOS. The summed E-state index contributed by atoms with van der Waals surface area (Å²) in [6.45, 7) is 0. The average Bonchev–Trinajstić information content (AvgIpc) is 3.80. The zero-order valence-corrected chi connectivity index (χ0v) is 29.5. The van der Waals surface area contributed by atoms with Crippen LogP contribution in [0.25, 0.3) is 85.9 Å². The van der Waals surface area contributed by atoms with Crippen molar-refractivity contribution in [1.29, 1.82) is 0 Å². The van der Waals surface area contributed by atoms with E-state index in [1.807, 2.05) is 23.5 Å². The number of benzene rings is 9. The van der Waals surface area contributed by atoms with Crippen LogP contribution in [0.5, 0.6) is 0 Å². The number of hydrogen-bond acceptors (Lipinski definition) is 3. The van der Waals surface area contributed by atoms with Crippen LogP contribution in [0.4, 0.5) is 17.1 Å². The van der Waals surface area contributed by atoms with Gasteiger partial charge < -0.3 is 9.32 Å². The van der Waals surface area contributed by atoms with E-state index in [2.05, 4.69) is 181 Å². The van der Waals surface area contributed by atoms with Crippen LogP contribution < -0.4 is 4.90 Å². The standard InChI is InChI=1S/C50H31NOS/c1-2-12-32(13-3-1)37-14-6-9-19-44(37)51(35-24-26-42-41-17-8-11-21-48(41)53-49(42)31-35)45-28-27-36(39-15-4-5-16-40(39)45)33-22-25-38-34(30-33)23-29-47-50(38)43-18-7-10-20-46(43)52-47/h1-31H. The van der Waals surface area contributed by atoms with Crippen LogP contribution in [0.1, 0.15) is 0 Å². The Morgan fingerprint density at radius 1 is 0.377 bits per heavy atom. The molecule has 0 saturated carbocycles. The summed E-state index contributed by atoms with van der Waals surface area (Å²) in [5, 5.41) is 9.74. The van der Waals surface area contributed by atoms with Crippen LogP contribution in [-0.2, 0) is 0 Å². The monoisotopic (exact) mass is 693 g/mol. The van der Waals surface area contributed by atoms with E-state index in [-0.39, 0.29) is 0 Å². The Morgan fingerprint density at radius 2 is 1.09 bits per heavy atom. The van der Waals surface area contributed by atoms with E-state index in [1.165, 1.54) is 69.4 Å². The van der Waals surface area contributed by atoms with E-state index in [0.717, 1.165) is 33.6 Å².